The summed E-state index contributed by atoms with van der Waals surface area (Å²) in [5.41, 5.74) is 0.797. The number of rotatable bonds is 4. The van der Waals surface area contributed by atoms with E-state index < -0.39 is 0 Å². The van der Waals surface area contributed by atoms with Gasteiger partial charge in [-0.15, -0.1) is 0 Å². The van der Waals surface area contributed by atoms with E-state index >= 15 is 0 Å². The van der Waals surface area contributed by atoms with Crippen molar-refractivity contribution in [1.82, 2.24) is 15.5 Å². The third kappa shape index (κ3) is 2.89. The highest BCUT2D eigenvalue weighted by Crippen LogP contribution is 2.34. The summed E-state index contributed by atoms with van der Waals surface area (Å²) in [5.74, 6) is 0. The Bertz CT molecular complexity index is 267. The van der Waals surface area contributed by atoms with Crippen molar-refractivity contribution in [1.29, 1.82) is 0 Å². The Hall–Kier alpha value is -0.120. The molecule has 106 valence electrons. The standard InChI is InChI=1S/C15H31N3/c1-14(2)11-16-10-7-13(14)17-12-15(18(3)4)8-5-6-9-15/h13,16-17H,5-12H2,1-4H3. The first-order valence-corrected chi connectivity index (χ1v) is 7.58. The maximum Gasteiger partial charge on any atom is 0.0327 e. The number of piperidine rings is 1. The van der Waals surface area contributed by atoms with E-state index in [0.29, 0.717) is 17.0 Å². The second-order valence-corrected chi connectivity index (χ2v) is 7.21. The van der Waals surface area contributed by atoms with Crippen molar-refractivity contribution >= 4 is 0 Å². The van der Waals surface area contributed by atoms with E-state index in [1.54, 1.807) is 0 Å². The maximum atomic E-state index is 3.89. The van der Waals surface area contributed by atoms with Crippen LogP contribution in [0.5, 0.6) is 0 Å². The molecule has 1 unspecified atom stereocenters. The fourth-order valence-corrected chi connectivity index (χ4v) is 3.68. The smallest absolute Gasteiger partial charge is 0.0327 e. The first-order valence-electron chi connectivity index (χ1n) is 7.58. The quantitative estimate of drug-likeness (QED) is 0.800. The van der Waals surface area contributed by atoms with E-state index in [1.807, 2.05) is 0 Å². The Morgan fingerprint density at radius 3 is 2.44 bits per heavy atom. The molecule has 1 saturated heterocycles. The van der Waals surface area contributed by atoms with Crippen LogP contribution in [0.3, 0.4) is 0 Å². The van der Waals surface area contributed by atoms with Crippen molar-refractivity contribution in [2.45, 2.75) is 57.5 Å². The molecule has 0 radical (unpaired) electrons. The van der Waals surface area contributed by atoms with Crippen LogP contribution in [-0.4, -0.2) is 50.2 Å². The second kappa shape index (κ2) is 5.48. The van der Waals surface area contributed by atoms with Crippen LogP contribution in [-0.2, 0) is 0 Å². The van der Waals surface area contributed by atoms with E-state index in [9.17, 15) is 0 Å². The summed E-state index contributed by atoms with van der Waals surface area (Å²) in [4.78, 5) is 2.46. The summed E-state index contributed by atoms with van der Waals surface area (Å²) in [5, 5.41) is 7.41. The van der Waals surface area contributed by atoms with E-state index in [-0.39, 0.29) is 0 Å². The first-order chi connectivity index (χ1) is 8.46. The molecule has 0 aromatic rings. The minimum Gasteiger partial charge on any atom is -0.316 e. The summed E-state index contributed by atoms with van der Waals surface area (Å²) < 4.78 is 0. The second-order valence-electron chi connectivity index (χ2n) is 7.21. The summed E-state index contributed by atoms with van der Waals surface area (Å²) in [7, 11) is 4.50. The highest BCUT2D eigenvalue weighted by Gasteiger charge is 2.38. The zero-order chi connectivity index (χ0) is 13.2. The van der Waals surface area contributed by atoms with Gasteiger partial charge in [0.25, 0.3) is 0 Å². The van der Waals surface area contributed by atoms with Crippen LogP contribution in [0.1, 0.15) is 46.0 Å². The highest BCUT2D eigenvalue weighted by atomic mass is 15.2. The predicted octanol–water partition coefficient (Wildman–Crippen LogP) is 1.84. The monoisotopic (exact) mass is 253 g/mol. The lowest BCUT2D eigenvalue weighted by Gasteiger charge is -2.43. The Kier molecular flexibility index (Phi) is 4.35. The minimum atomic E-state index is 0.379. The molecule has 2 fully saturated rings. The fraction of sp³-hybridized carbons (Fsp3) is 1.00. The lowest BCUT2D eigenvalue weighted by atomic mass is 9.79. The van der Waals surface area contributed by atoms with Gasteiger partial charge < -0.3 is 15.5 Å². The average molecular weight is 253 g/mol. The van der Waals surface area contributed by atoms with Crippen LogP contribution < -0.4 is 10.6 Å². The predicted molar refractivity (Wildman–Crippen MR) is 77.9 cm³/mol. The molecule has 0 spiro atoms. The molecule has 3 nitrogen and oxygen atoms in total. The van der Waals surface area contributed by atoms with Gasteiger partial charge in [0.15, 0.2) is 0 Å². The van der Waals surface area contributed by atoms with Gasteiger partial charge in [-0.2, -0.15) is 0 Å². The zero-order valence-corrected chi connectivity index (χ0v) is 12.7. The molecule has 2 rings (SSSR count). The largest absolute Gasteiger partial charge is 0.316 e. The van der Waals surface area contributed by atoms with Crippen molar-refractivity contribution < 1.29 is 0 Å². The number of hydrogen-bond acceptors (Lipinski definition) is 3. The average Bonchev–Trinajstić information content (AvgIpc) is 2.77. The van der Waals surface area contributed by atoms with Gasteiger partial charge in [0.05, 0.1) is 0 Å². The molecule has 0 aromatic heterocycles. The summed E-state index contributed by atoms with van der Waals surface area (Å²) in [6, 6.07) is 0.663. The van der Waals surface area contributed by atoms with E-state index in [0.717, 1.165) is 19.6 Å². The van der Waals surface area contributed by atoms with Crippen LogP contribution >= 0.6 is 0 Å². The number of likely N-dealkylation sites (N-methyl/N-ethyl adjacent to an activating group) is 1. The maximum absolute atomic E-state index is 3.89. The molecule has 1 heterocycles. The molecule has 18 heavy (non-hydrogen) atoms. The van der Waals surface area contributed by atoms with Gasteiger partial charge in [-0.1, -0.05) is 26.7 Å². The molecular weight excluding hydrogens is 222 g/mol. The summed E-state index contributed by atoms with van der Waals surface area (Å²) in [6.07, 6.45) is 6.78. The molecule has 2 N–H and O–H groups in total. The molecule has 1 aliphatic heterocycles. The van der Waals surface area contributed by atoms with Crippen molar-refractivity contribution in [3.05, 3.63) is 0 Å². The summed E-state index contributed by atoms with van der Waals surface area (Å²) >= 11 is 0. The molecule has 0 bridgehead atoms. The minimum absolute atomic E-state index is 0.379. The van der Waals surface area contributed by atoms with E-state index in [2.05, 4.69) is 43.5 Å². The van der Waals surface area contributed by atoms with Crippen molar-refractivity contribution in [3.63, 3.8) is 0 Å². The Balaban J connectivity index is 1.93. The number of hydrogen-bond donors (Lipinski definition) is 2. The molecule has 3 heteroatoms. The van der Waals surface area contributed by atoms with Gasteiger partial charge in [0.2, 0.25) is 0 Å². The van der Waals surface area contributed by atoms with Gasteiger partial charge in [-0.05, 0) is 45.3 Å². The van der Waals surface area contributed by atoms with Gasteiger partial charge in [0.1, 0.15) is 0 Å². The van der Waals surface area contributed by atoms with Gasteiger partial charge in [-0.25, -0.2) is 0 Å². The van der Waals surface area contributed by atoms with Crippen LogP contribution in [0.4, 0.5) is 0 Å². The SMILES string of the molecule is CN(C)C1(CNC2CCNCC2(C)C)CCCC1. The molecular formula is C15H31N3. The molecule has 0 aromatic carbocycles. The van der Waals surface area contributed by atoms with Crippen LogP contribution in [0.25, 0.3) is 0 Å². The Morgan fingerprint density at radius 2 is 1.89 bits per heavy atom. The highest BCUT2D eigenvalue weighted by molar-refractivity contribution is 4.98. The van der Waals surface area contributed by atoms with Crippen LogP contribution in [0.15, 0.2) is 0 Å². The Morgan fingerprint density at radius 1 is 1.22 bits per heavy atom. The van der Waals surface area contributed by atoms with E-state index in [1.165, 1.54) is 32.1 Å². The Labute approximate surface area is 113 Å². The van der Waals surface area contributed by atoms with Crippen LogP contribution in [0.2, 0.25) is 0 Å². The topological polar surface area (TPSA) is 27.3 Å². The first kappa shape index (κ1) is 14.3. The third-order valence-corrected chi connectivity index (χ3v) is 5.29. The number of nitrogens with one attached hydrogen (secondary N) is 2. The molecule has 1 saturated carbocycles. The van der Waals surface area contributed by atoms with Crippen molar-refractivity contribution in [2.24, 2.45) is 5.41 Å². The summed E-state index contributed by atoms with van der Waals surface area (Å²) in [6.45, 7) is 8.23. The molecule has 0 amide bonds. The van der Waals surface area contributed by atoms with Gasteiger partial charge in [-0.3, -0.25) is 0 Å². The fourth-order valence-electron chi connectivity index (χ4n) is 3.68. The molecule has 1 aliphatic carbocycles. The lowest BCUT2D eigenvalue weighted by Crippen LogP contribution is -2.58. The number of nitrogens with zero attached hydrogens (tertiary/aromatic N) is 1. The van der Waals surface area contributed by atoms with Crippen LogP contribution in [0, 0.1) is 5.41 Å². The van der Waals surface area contributed by atoms with Crippen molar-refractivity contribution in [2.75, 3.05) is 33.7 Å². The van der Waals surface area contributed by atoms with Gasteiger partial charge in [0, 0.05) is 24.7 Å². The van der Waals surface area contributed by atoms with Crippen molar-refractivity contribution in [3.8, 4) is 0 Å². The molecule has 2 aliphatic rings. The normalized spacial score (nSPS) is 30.8. The zero-order valence-electron chi connectivity index (χ0n) is 12.7. The van der Waals surface area contributed by atoms with E-state index in [4.69, 9.17) is 0 Å². The molecule has 1 atom stereocenters. The van der Waals surface area contributed by atoms with Gasteiger partial charge >= 0.3 is 0 Å². The third-order valence-electron chi connectivity index (χ3n) is 5.29. The lowest BCUT2D eigenvalue weighted by molar-refractivity contribution is 0.120.